The van der Waals surface area contributed by atoms with Crippen molar-refractivity contribution in [3.05, 3.63) is 35.4 Å². The SMILES string of the molecule is CCc1ccc(C(N)(CC)CC(=O)O)cc1. The van der Waals surface area contributed by atoms with Crippen molar-refractivity contribution in [2.75, 3.05) is 0 Å². The van der Waals surface area contributed by atoms with Gasteiger partial charge in [-0.1, -0.05) is 38.1 Å². The van der Waals surface area contributed by atoms with Gasteiger partial charge in [-0.25, -0.2) is 0 Å². The lowest BCUT2D eigenvalue weighted by Gasteiger charge is -2.27. The number of nitrogens with two attached hydrogens (primary N) is 1. The predicted molar refractivity (Wildman–Crippen MR) is 64.2 cm³/mol. The van der Waals surface area contributed by atoms with Gasteiger partial charge in [-0.15, -0.1) is 0 Å². The molecular weight excluding hydrogens is 202 g/mol. The molecule has 1 aromatic rings. The first-order valence-electron chi connectivity index (χ1n) is 5.62. The fourth-order valence-electron chi connectivity index (χ4n) is 1.77. The van der Waals surface area contributed by atoms with Crippen LogP contribution in [0.4, 0.5) is 0 Å². The second-order valence-electron chi connectivity index (χ2n) is 4.13. The molecule has 1 aromatic carbocycles. The van der Waals surface area contributed by atoms with Crippen LogP contribution in [0.1, 0.15) is 37.8 Å². The lowest BCUT2D eigenvalue weighted by Crippen LogP contribution is -2.38. The van der Waals surface area contributed by atoms with Crippen molar-refractivity contribution < 1.29 is 9.90 Å². The normalized spacial score (nSPS) is 14.4. The summed E-state index contributed by atoms with van der Waals surface area (Å²) in [5, 5.41) is 8.86. The van der Waals surface area contributed by atoms with Gasteiger partial charge in [-0.2, -0.15) is 0 Å². The third kappa shape index (κ3) is 2.83. The number of carbonyl (C=O) groups is 1. The molecule has 0 aliphatic heterocycles. The van der Waals surface area contributed by atoms with Crippen molar-refractivity contribution in [1.82, 2.24) is 0 Å². The lowest BCUT2D eigenvalue weighted by molar-refractivity contribution is -0.138. The summed E-state index contributed by atoms with van der Waals surface area (Å²) in [6, 6.07) is 7.89. The zero-order chi connectivity index (χ0) is 12.2. The fraction of sp³-hybridized carbons (Fsp3) is 0.462. The van der Waals surface area contributed by atoms with Gasteiger partial charge in [-0.3, -0.25) is 4.79 Å². The van der Waals surface area contributed by atoms with Crippen LogP contribution in [0.2, 0.25) is 0 Å². The zero-order valence-corrected chi connectivity index (χ0v) is 9.86. The smallest absolute Gasteiger partial charge is 0.305 e. The van der Waals surface area contributed by atoms with Gasteiger partial charge in [0, 0.05) is 0 Å². The van der Waals surface area contributed by atoms with Gasteiger partial charge in [0.1, 0.15) is 0 Å². The number of benzene rings is 1. The molecule has 0 saturated carbocycles. The van der Waals surface area contributed by atoms with Crippen molar-refractivity contribution in [2.45, 2.75) is 38.6 Å². The van der Waals surface area contributed by atoms with E-state index in [1.807, 2.05) is 31.2 Å². The van der Waals surface area contributed by atoms with Gasteiger partial charge in [0.25, 0.3) is 0 Å². The third-order valence-electron chi connectivity index (χ3n) is 3.03. The zero-order valence-electron chi connectivity index (χ0n) is 9.86. The highest BCUT2D eigenvalue weighted by Gasteiger charge is 2.28. The fourth-order valence-corrected chi connectivity index (χ4v) is 1.77. The Morgan fingerprint density at radius 2 is 1.88 bits per heavy atom. The monoisotopic (exact) mass is 221 g/mol. The summed E-state index contributed by atoms with van der Waals surface area (Å²) in [4.78, 5) is 10.8. The minimum Gasteiger partial charge on any atom is -0.481 e. The van der Waals surface area contributed by atoms with Crippen LogP contribution < -0.4 is 5.73 Å². The molecule has 3 heteroatoms. The average Bonchev–Trinajstić information content (AvgIpc) is 2.28. The Hall–Kier alpha value is -1.35. The van der Waals surface area contributed by atoms with Gasteiger partial charge in [0.05, 0.1) is 12.0 Å². The van der Waals surface area contributed by atoms with E-state index in [1.54, 1.807) is 0 Å². The van der Waals surface area contributed by atoms with Gasteiger partial charge in [0.15, 0.2) is 0 Å². The van der Waals surface area contributed by atoms with Crippen LogP contribution >= 0.6 is 0 Å². The Kier molecular flexibility index (Phi) is 4.07. The largest absolute Gasteiger partial charge is 0.481 e. The molecule has 0 fully saturated rings. The minimum atomic E-state index is -0.857. The van der Waals surface area contributed by atoms with Crippen LogP contribution in [0.5, 0.6) is 0 Å². The molecule has 0 aliphatic carbocycles. The molecule has 1 unspecified atom stereocenters. The van der Waals surface area contributed by atoms with Crippen LogP contribution in [0.3, 0.4) is 0 Å². The number of aliphatic carboxylic acids is 1. The molecular formula is C13H19NO2. The summed E-state index contributed by atoms with van der Waals surface area (Å²) in [6.45, 7) is 4.00. The molecule has 0 amide bonds. The highest BCUT2D eigenvalue weighted by molar-refractivity contribution is 5.68. The molecule has 1 atom stereocenters. The maximum Gasteiger partial charge on any atom is 0.305 e. The number of hydrogen-bond acceptors (Lipinski definition) is 2. The molecule has 88 valence electrons. The topological polar surface area (TPSA) is 63.3 Å². The second-order valence-corrected chi connectivity index (χ2v) is 4.13. The molecule has 0 spiro atoms. The molecule has 0 aromatic heterocycles. The molecule has 0 radical (unpaired) electrons. The quantitative estimate of drug-likeness (QED) is 0.801. The van der Waals surface area contributed by atoms with Gasteiger partial charge in [0.2, 0.25) is 0 Å². The Bertz CT molecular complexity index is 359. The summed E-state index contributed by atoms with van der Waals surface area (Å²) >= 11 is 0. The Labute approximate surface area is 96.3 Å². The maximum atomic E-state index is 10.8. The summed E-state index contributed by atoms with van der Waals surface area (Å²) in [7, 11) is 0. The van der Waals surface area contributed by atoms with E-state index in [4.69, 9.17) is 10.8 Å². The number of carboxylic acid groups (broad SMARTS) is 1. The summed E-state index contributed by atoms with van der Waals surface area (Å²) in [5.41, 5.74) is 7.51. The standard InChI is InChI=1S/C13H19NO2/c1-3-10-5-7-11(8-6-10)13(14,4-2)9-12(15)16/h5-8H,3-4,9,14H2,1-2H3,(H,15,16). The van der Waals surface area contributed by atoms with Gasteiger partial charge >= 0.3 is 5.97 Å². The number of rotatable bonds is 5. The lowest BCUT2D eigenvalue weighted by atomic mass is 9.85. The van der Waals surface area contributed by atoms with Gasteiger partial charge < -0.3 is 10.8 Å². The van der Waals surface area contributed by atoms with E-state index in [0.29, 0.717) is 6.42 Å². The molecule has 3 nitrogen and oxygen atoms in total. The third-order valence-corrected chi connectivity index (χ3v) is 3.03. The molecule has 0 bridgehead atoms. The first-order chi connectivity index (χ1) is 7.51. The van der Waals surface area contributed by atoms with Crippen molar-refractivity contribution in [3.63, 3.8) is 0 Å². The predicted octanol–water partition coefficient (Wildman–Crippen LogP) is 2.29. The highest BCUT2D eigenvalue weighted by atomic mass is 16.4. The van der Waals surface area contributed by atoms with Crippen molar-refractivity contribution in [3.8, 4) is 0 Å². The van der Waals surface area contributed by atoms with E-state index in [1.165, 1.54) is 5.56 Å². The first-order valence-corrected chi connectivity index (χ1v) is 5.62. The summed E-state index contributed by atoms with van der Waals surface area (Å²) < 4.78 is 0. The van der Waals surface area contributed by atoms with Crippen molar-refractivity contribution in [1.29, 1.82) is 0 Å². The minimum absolute atomic E-state index is 0.0328. The maximum absolute atomic E-state index is 10.8. The van der Waals surface area contributed by atoms with E-state index in [2.05, 4.69) is 6.92 Å². The molecule has 1 rings (SSSR count). The van der Waals surface area contributed by atoms with E-state index in [0.717, 1.165) is 12.0 Å². The molecule has 0 aliphatic rings. The van der Waals surface area contributed by atoms with E-state index in [9.17, 15) is 4.79 Å². The average molecular weight is 221 g/mol. The Morgan fingerprint density at radius 1 is 1.31 bits per heavy atom. The van der Waals surface area contributed by atoms with Crippen LogP contribution in [0.15, 0.2) is 24.3 Å². The second kappa shape index (κ2) is 5.12. The highest BCUT2D eigenvalue weighted by Crippen LogP contribution is 2.26. The van der Waals surface area contributed by atoms with Gasteiger partial charge in [-0.05, 0) is 24.0 Å². The number of hydrogen-bond donors (Lipinski definition) is 2. The molecule has 16 heavy (non-hydrogen) atoms. The Balaban J connectivity index is 2.98. The van der Waals surface area contributed by atoms with Crippen LogP contribution in [0.25, 0.3) is 0 Å². The van der Waals surface area contributed by atoms with Crippen molar-refractivity contribution >= 4 is 5.97 Å². The van der Waals surface area contributed by atoms with E-state index < -0.39 is 11.5 Å². The summed E-state index contributed by atoms with van der Waals surface area (Å²) in [6.07, 6.45) is 1.56. The molecule has 3 N–H and O–H groups in total. The van der Waals surface area contributed by atoms with E-state index in [-0.39, 0.29) is 6.42 Å². The van der Waals surface area contributed by atoms with Crippen molar-refractivity contribution in [2.24, 2.45) is 5.73 Å². The summed E-state index contributed by atoms with van der Waals surface area (Å²) in [5.74, 6) is -0.857. The number of carboxylic acids is 1. The number of aryl methyl sites for hydroxylation is 1. The first kappa shape index (κ1) is 12.7. The van der Waals surface area contributed by atoms with E-state index >= 15 is 0 Å². The van der Waals surface area contributed by atoms with Crippen LogP contribution in [0, 0.1) is 0 Å². The molecule has 0 heterocycles. The van der Waals surface area contributed by atoms with Crippen LogP contribution in [-0.4, -0.2) is 11.1 Å². The van der Waals surface area contributed by atoms with Crippen LogP contribution in [-0.2, 0) is 16.8 Å². The Morgan fingerprint density at radius 3 is 2.25 bits per heavy atom. The molecule has 0 saturated heterocycles.